The van der Waals surface area contributed by atoms with Gasteiger partial charge in [-0.3, -0.25) is 0 Å². The molecule has 4 aromatic carbocycles. The zero-order chi connectivity index (χ0) is 28.7. The first-order chi connectivity index (χ1) is 21.2. The summed E-state index contributed by atoms with van der Waals surface area (Å²) in [5, 5.41) is 3.77. The van der Waals surface area contributed by atoms with Gasteiger partial charge in [-0.1, -0.05) is 66.8 Å². The Morgan fingerprint density at radius 1 is 0.744 bits per heavy atom. The van der Waals surface area contributed by atoms with Gasteiger partial charge in [-0.25, -0.2) is 0 Å². The van der Waals surface area contributed by atoms with E-state index in [0.717, 1.165) is 30.7 Å². The first kappa shape index (κ1) is 24.8. The number of aromatic nitrogens is 1. The minimum atomic E-state index is 0.338. The molecule has 3 unspecified atom stereocenters. The standard InChI is InChI=1S/C40H34N2O/c1-3-41-35-11-7-5-9-29(35)31-21-25(13-17-37(31)41)27-15-19-39-33(23-27)34-24-28(16-20-40(34)43-39)26-14-18-38-32(22-26)30-10-6-8-12-36(30)42(38)4-2/h5-21,23-24,26,29,35H,3-4,22H2,1-2H3. The molecule has 0 bridgehead atoms. The number of hydrogen-bond donors (Lipinski definition) is 0. The van der Waals surface area contributed by atoms with Gasteiger partial charge in [0.25, 0.3) is 0 Å². The largest absolute Gasteiger partial charge is 0.456 e. The van der Waals surface area contributed by atoms with E-state index in [1.54, 1.807) is 0 Å². The first-order valence-corrected chi connectivity index (χ1v) is 15.7. The summed E-state index contributed by atoms with van der Waals surface area (Å²) in [4.78, 5) is 2.53. The second kappa shape index (κ2) is 9.37. The quantitative estimate of drug-likeness (QED) is 0.215. The van der Waals surface area contributed by atoms with Gasteiger partial charge < -0.3 is 13.9 Å². The summed E-state index contributed by atoms with van der Waals surface area (Å²) in [5.41, 5.74) is 12.7. The Hall–Kier alpha value is -4.76. The molecule has 3 atom stereocenters. The third-order valence-corrected chi connectivity index (χ3v) is 10.1. The molecule has 0 saturated carbocycles. The molecule has 0 spiro atoms. The Bertz CT molecular complexity index is 2170. The molecule has 2 aliphatic carbocycles. The number of aryl methyl sites for hydroxylation is 1. The van der Waals surface area contributed by atoms with Crippen LogP contribution in [0.5, 0.6) is 0 Å². The fraction of sp³-hybridized carbons (Fsp3) is 0.200. The van der Waals surface area contributed by atoms with Crippen LogP contribution in [0, 0.1) is 0 Å². The van der Waals surface area contributed by atoms with Crippen molar-refractivity contribution in [1.29, 1.82) is 0 Å². The average Bonchev–Trinajstić information content (AvgIpc) is 3.70. The molecule has 3 heterocycles. The normalized spacial score (nSPS) is 20.3. The molecule has 0 N–H and O–H groups in total. The lowest BCUT2D eigenvalue weighted by atomic mass is 9.86. The molecule has 210 valence electrons. The number of fused-ring (bicyclic) bond motifs is 9. The number of para-hydroxylation sites is 1. The second-order valence-electron chi connectivity index (χ2n) is 12.2. The maximum Gasteiger partial charge on any atom is 0.135 e. The highest BCUT2D eigenvalue weighted by Gasteiger charge is 2.35. The van der Waals surface area contributed by atoms with Crippen LogP contribution < -0.4 is 4.90 Å². The number of furan rings is 1. The molecule has 0 saturated heterocycles. The van der Waals surface area contributed by atoms with E-state index in [1.165, 1.54) is 60.9 Å². The molecule has 2 aromatic heterocycles. The molecule has 1 aliphatic heterocycles. The van der Waals surface area contributed by atoms with Crippen LogP contribution >= 0.6 is 0 Å². The van der Waals surface area contributed by atoms with Crippen LogP contribution in [0.25, 0.3) is 50.0 Å². The highest BCUT2D eigenvalue weighted by molar-refractivity contribution is 6.06. The van der Waals surface area contributed by atoms with E-state index in [4.69, 9.17) is 4.42 Å². The van der Waals surface area contributed by atoms with Crippen LogP contribution in [0.15, 0.2) is 114 Å². The van der Waals surface area contributed by atoms with Crippen molar-refractivity contribution < 1.29 is 4.42 Å². The van der Waals surface area contributed by atoms with Crippen LogP contribution in [0.4, 0.5) is 5.69 Å². The summed E-state index contributed by atoms with van der Waals surface area (Å²) in [5.74, 6) is 0.751. The van der Waals surface area contributed by atoms with Crippen molar-refractivity contribution in [3.8, 4) is 11.1 Å². The van der Waals surface area contributed by atoms with Crippen molar-refractivity contribution in [3.05, 3.63) is 132 Å². The fourth-order valence-corrected chi connectivity index (χ4v) is 8.06. The van der Waals surface area contributed by atoms with E-state index in [1.807, 2.05) is 0 Å². The minimum absolute atomic E-state index is 0.338. The molecule has 3 nitrogen and oxygen atoms in total. The molecular weight excluding hydrogens is 524 g/mol. The SMILES string of the molecule is CCN1c2ccc(-c3ccc4oc5ccc(C6C=Cc7c(c8ccccc8n7CC)C6)cc5c4c3)cc2C2C=CC=CC21. The summed E-state index contributed by atoms with van der Waals surface area (Å²) >= 11 is 0. The summed E-state index contributed by atoms with van der Waals surface area (Å²) in [6.07, 6.45) is 14.9. The fourth-order valence-electron chi connectivity index (χ4n) is 8.06. The highest BCUT2D eigenvalue weighted by Crippen LogP contribution is 2.46. The van der Waals surface area contributed by atoms with Crippen LogP contribution in [0.3, 0.4) is 0 Å². The van der Waals surface area contributed by atoms with Crippen LogP contribution in [0.1, 0.15) is 48.1 Å². The first-order valence-electron chi connectivity index (χ1n) is 15.7. The Balaban J connectivity index is 1.11. The van der Waals surface area contributed by atoms with Gasteiger partial charge in [0.15, 0.2) is 0 Å². The number of hydrogen-bond acceptors (Lipinski definition) is 2. The Morgan fingerprint density at radius 3 is 2.42 bits per heavy atom. The molecule has 3 heteroatoms. The van der Waals surface area contributed by atoms with Gasteiger partial charge in [0, 0.05) is 58.0 Å². The molecule has 43 heavy (non-hydrogen) atoms. The van der Waals surface area contributed by atoms with Crippen molar-refractivity contribution in [1.82, 2.24) is 4.57 Å². The highest BCUT2D eigenvalue weighted by atomic mass is 16.3. The van der Waals surface area contributed by atoms with Crippen molar-refractivity contribution in [2.75, 3.05) is 11.4 Å². The van der Waals surface area contributed by atoms with Crippen molar-refractivity contribution in [3.63, 3.8) is 0 Å². The monoisotopic (exact) mass is 558 g/mol. The van der Waals surface area contributed by atoms with Gasteiger partial charge in [-0.2, -0.15) is 0 Å². The molecule has 9 rings (SSSR count). The summed E-state index contributed by atoms with van der Waals surface area (Å²) in [7, 11) is 0. The van der Waals surface area contributed by atoms with Gasteiger partial charge in [0.05, 0.1) is 6.04 Å². The number of anilines is 1. The predicted molar refractivity (Wildman–Crippen MR) is 180 cm³/mol. The third-order valence-electron chi connectivity index (χ3n) is 10.1. The zero-order valence-corrected chi connectivity index (χ0v) is 24.6. The number of likely N-dealkylation sites (N-methyl/N-ethyl adjacent to an activating group) is 1. The molecule has 0 amide bonds. The van der Waals surface area contributed by atoms with Crippen LogP contribution in [-0.2, 0) is 13.0 Å². The van der Waals surface area contributed by atoms with E-state index in [0.29, 0.717) is 17.9 Å². The van der Waals surface area contributed by atoms with E-state index >= 15 is 0 Å². The third kappa shape index (κ3) is 3.61. The number of rotatable bonds is 4. The Kier molecular flexibility index (Phi) is 5.41. The zero-order valence-electron chi connectivity index (χ0n) is 24.6. The van der Waals surface area contributed by atoms with E-state index in [9.17, 15) is 0 Å². The smallest absolute Gasteiger partial charge is 0.135 e. The van der Waals surface area contributed by atoms with Gasteiger partial charge in [0.2, 0.25) is 0 Å². The van der Waals surface area contributed by atoms with Crippen LogP contribution in [0.2, 0.25) is 0 Å². The molecule has 3 aliphatic rings. The number of allylic oxidation sites excluding steroid dienone is 3. The lowest BCUT2D eigenvalue weighted by Gasteiger charge is -2.27. The molecular formula is C40H34N2O. The summed E-state index contributed by atoms with van der Waals surface area (Å²) in [6, 6.07) is 29.8. The second-order valence-corrected chi connectivity index (χ2v) is 12.2. The van der Waals surface area contributed by atoms with Crippen molar-refractivity contribution in [2.24, 2.45) is 0 Å². The van der Waals surface area contributed by atoms with Crippen molar-refractivity contribution in [2.45, 2.75) is 44.7 Å². The number of benzene rings is 4. The topological polar surface area (TPSA) is 21.3 Å². The predicted octanol–water partition coefficient (Wildman–Crippen LogP) is 10.00. The maximum atomic E-state index is 6.35. The summed E-state index contributed by atoms with van der Waals surface area (Å²) in [6.45, 7) is 6.49. The molecule has 0 radical (unpaired) electrons. The average molecular weight is 559 g/mol. The lowest BCUT2D eigenvalue weighted by molar-refractivity contribution is 0.668. The van der Waals surface area contributed by atoms with Gasteiger partial charge in [0.1, 0.15) is 11.2 Å². The molecule has 6 aromatic rings. The van der Waals surface area contributed by atoms with E-state index in [-0.39, 0.29) is 0 Å². The maximum absolute atomic E-state index is 6.35. The van der Waals surface area contributed by atoms with Crippen molar-refractivity contribution >= 4 is 44.6 Å². The van der Waals surface area contributed by atoms with E-state index < -0.39 is 0 Å². The van der Waals surface area contributed by atoms with Gasteiger partial charge in [-0.15, -0.1) is 0 Å². The van der Waals surface area contributed by atoms with Gasteiger partial charge in [-0.05, 0) is 96.6 Å². The van der Waals surface area contributed by atoms with E-state index in [2.05, 4.69) is 139 Å². The lowest BCUT2D eigenvalue weighted by Crippen LogP contribution is -2.32. The summed E-state index contributed by atoms with van der Waals surface area (Å²) < 4.78 is 8.80. The Morgan fingerprint density at radius 2 is 1.53 bits per heavy atom. The van der Waals surface area contributed by atoms with Crippen LogP contribution in [-0.4, -0.2) is 17.2 Å². The van der Waals surface area contributed by atoms with Gasteiger partial charge >= 0.3 is 0 Å². The molecule has 0 fully saturated rings. The Labute approximate surface area is 252 Å². The minimum Gasteiger partial charge on any atom is -0.456 e. The number of nitrogens with zero attached hydrogens (tertiary/aromatic N) is 2.